The number of hydrogen-bond acceptors (Lipinski definition) is 0. The molecule has 0 aliphatic carbocycles. The summed E-state index contributed by atoms with van der Waals surface area (Å²) in [5.74, 6) is 0. The summed E-state index contributed by atoms with van der Waals surface area (Å²) in [5.41, 5.74) is 0. The van der Waals surface area contributed by atoms with E-state index in [4.69, 9.17) is 0 Å². The molecule has 0 nitrogen and oxygen atoms in total. The van der Waals surface area contributed by atoms with E-state index in [9.17, 15) is 8.78 Å². The lowest BCUT2D eigenvalue weighted by Gasteiger charge is -1.80. The summed E-state index contributed by atoms with van der Waals surface area (Å²) < 4.78 is 21.8. The molecule has 0 N–H and O–H groups in total. The SMILES string of the molecule is Brc1ccccc1.CC.CC(F)F. The molecule has 1 aromatic rings. The molecule has 0 aliphatic heterocycles. The zero-order chi connectivity index (χ0) is 10.7. The molecule has 13 heavy (non-hydrogen) atoms. The molecule has 1 rings (SSSR count). The van der Waals surface area contributed by atoms with Crippen LogP contribution in [0, 0.1) is 0 Å². The summed E-state index contributed by atoms with van der Waals surface area (Å²) >= 11 is 3.31. The molecule has 0 aromatic heterocycles. The van der Waals surface area contributed by atoms with E-state index in [-0.39, 0.29) is 0 Å². The van der Waals surface area contributed by atoms with E-state index in [1.807, 2.05) is 44.2 Å². The first-order valence-electron chi connectivity index (χ1n) is 4.11. The Bertz CT molecular complexity index is 173. The molecule has 0 amide bonds. The molecule has 0 unspecified atom stereocenters. The molecule has 0 bridgehead atoms. The van der Waals surface area contributed by atoms with Gasteiger partial charge in [0.25, 0.3) is 0 Å². The van der Waals surface area contributed by atoms with Crippen LogP contribution in [0.1, 0.15) is 20.8 Å². The van der Waals surface area contributed by atoms with Gasteiger partial charge in [0.15, 0.2) is 0 Å². The van der Waals surface area contributed by atoms with E-state index in [1.54, 1.807) is 0 Å². The van der Waals surface area contributed by atoms with Crippen molar-refractivity contribution in [1.82, 2.24) is 0 Å². The maximum Gasteiger partial charge on any atom is 0.235 e. The Morgan fingerprint density at radius 3 is 1.54 bits per heavy atom. The van der Waals surface area contributed by atoms with E-state index in [0.29, 0.717) is 0 Å². The Kier molecular flexibility index (Phi) is 13.4. The van der Waals surface area contributed by atoms with Crippen molar-refractivity contribution in [3.05, 3.63) is 34.8 Å². The highest BCUT2D eigenvalue weighted by molar-refractivity contribution is 9.10. The van der Waals surface area contributed by atoms with Crippen LogP contribution in [-0.2, 0) is 0 Å². The summed E-state index contributed by atoms with van der Waals surface area (Å²) in [6, 6.07) is 9.97. The van der Waals surface area contributed by atoms with Crippen molar-refractivity contribution >= 4 is 15.9 Å². The average molecular weight is 253 g/mol. The minimum atomic E-state index is -2.17. The lowest BCUT2D eigenvalue weighted by Crippen LogP contribution is -1.69. The Labute approximate surface area is 87.1 Å². The van der Waals surface area contributed by atoms with Crippen LogP contribution in [0.15, 0.2) is 34.8 Å². The third-order valence-corrected chi connectivity index (χ3v) is 1.26. The highest BCUT2D eigenvalue weighted by Gasteiger charge is 1.79. The third kappa shape index (κ3) is 18.5. The van der Waals surface area contributed by atoms with E-state index < -0.39 is 6.43 Å². The fourth-order valence-corrected chi connectivity index (χ4v) is 0.720. The topological polar surface area (TPSA) is 0 Å². The highest BCUT2D eigenvalue weighted by atomic mass is 79.9. The monoisotopic (exact) mass is 252 g/mol. The van der Waals surface area contributed by atoms with Gasteiger partial charge in [-0.1, -0.05) is 48.0 Å². The first kappa shape index (κ1) is 15.1. The van der Waals surface area contributed by atoms with Gasteiger partial charge in [-0.3, -0.25) is 0 Å². The molecule has 0 spiro atoms. The highest BCUT2D eigenvalue weighted by Crippen LogP contribution is 2.05. The minimum Gasteiger partial charge on any atom is -0.211 e. The Morgan fingerprint density at radius 2 is 1.38 bits per heavy atom. The van der Waals surface area contributed by atoms with Gasteiger partial charge in [0.05, 0.1) is 0 Å². The molecule has 0 fully saturated rings. The second-order valence-electron chi connectivity index (χ2n) is 1.81. The van der Waals surface area contributed by atoms with Crippen LogP contribution in [0.5, 0.6) is 0 Å². The average Bonchev–Trinajstić information content (AvgIpc) is 2.08. The van der Waals surface area contributed by atoms with Gasteiger partial charge in [0, 0.05) is 4.47 Å². The zero-order valence-corrected chi connectivity index (χ0v) is 9.68. The van der Waals surface area contributed by atoms with E-state index in [1.165, 1.54) is 0 Å². The van der Waals surface area contributed by atoms with Crippen molar-refractivity contribution in [2.45, 2.75) is 27.2 Å². The summed E-state index contributed by atoms with van der Waals surface area (Å²) in [4.78, 5) is 0. The maximum atomic E-state index is 10.3. The van der Waals surface area contributed by atoms with Crippen LogP contribution in [0.3, 0.4) is 0 Å². The molecule has 0 radical (unpaired) electrons. The first-order valence-corrected chi connectivity index (χ1v) is 4.91. The Balaban J connectivity index is 0. The standard InChI is InChI=1S/C6H5Br.C2H4F2.C2H6/c7-6-4-2-1-3-5-6;1-2(3)4;1-2/h1-5H;2H,1H3;1-2H3. The van der Waals surface area contributed by atoms with Gasteiger partial charge in [-0.15, -0.1) is 0 Å². The van der Waals surface area contributed by atoms with E-state index in [2.05, 4.69) is 15.9 Å². The molecule has 1 aromatic carbocycles. The predicted molar refractivity (Wildman–Crippen MR) is 57.2 cm³/mol. The van der Waals surface area contributed by atoms with Gasteiger partial charge >= 0.3 is 0 Å². The lowest BCUT2D eigenvalue weighted by atomic mass is 10.4. The van der Waals surface area contributed by atoms with Crippen LogP contribution in [0.4, 0.5) is 8.78 Å². The van der Waals surface area contributed by atoms with Crippen LogP contribution in [-0.4, -0.2) is 6.43 Å². The van der Waals surface area contributed by atoms with Crippen molar-refractivity contribution in [3.63, 3.8) is 0 Å². The van der Waals surface area contributed by atoms with Gasteiger partial charge in [0.1, 0.15) is 0 Å². The number of alkyl halides is 2. The van der Waals surface area contributed by atoms with Crippen molar-refractivity contribution < 1.29 is 8.78 Å². The molecule has 0 saturated carbocycles. The van der Waals surface area contributed by atoms with Crippen molar-refractivity contribution in [3.8, 4) is 0 Å². The van der Waals surface area contributed by atoms with Gasteiger partial charge in [0.2, 0.25) is 6.43 Å². The minimum absolute atomic E-state index is 0.833. The second-order valence-corrected chi connectivity index (χ2v) is 2.73. The Hall–Kier alpha value is -0.440. The second kappa shape index (κ2) is 11.6. The van der Waals surface area contributed by atoms with Gasteiger partial charge in [-0.05, 0) is 19.1 Å². The van der Waals surface area contributed by atoms with Crippen molar-refractivity contribution in [1.29, 1.82) is 0 Å². The fraction of sp³-hybridized carbons (Fsp3) is 0.400. The number of rotatable bonds is 0. The largest absolute Gasteiger partial charge is 0.235 e. The molecular formula is C10H15BrF2. The van der Waals surface area contributed by atoms with Gasteiger partial charge in [-0.25, -0.2) is 8.78 Å². The molecule has 0 atom stereocenters. The molecule has 76 valence electrons. The van der Waals surface area contributed by atoms with Crippen LogP contribution >= 0.6 is 15.9 Å². The van der Waals surface area contributed by atoms with Gasteiger partial charge < -0.3 is 0 Å². The van der Waals surface area contributed by atoms with Crippen LogP contribution < -0.4 is 0 Å². The molecule has 0 saturated heterocycles. The van der Waals surface area contributed by atoms with Crippen molar-refractivity contribution in [2.75, 3.05) is 0 Å². The maximum absolute atomic E-state index is 10.3. The Morgan fingerprint density at radius 1 is 1.08 bits per heavy atom. The smallest absolute Gasteiger partial charge is 0.211 e. The summed E-state index contributed by atoms with van der Waals surface area (Å²) in [7, 11) is 0. The normalized spacial score (nSPS) is 7.92. The summed E-state index contributed by atoms with van der Waals surface area (Å²) in [6.07, 6.45) is -2.17. The molecule has 3 heteroatoms. The molecule has 0 aliphatic rings. The predicted octanol–water partition coefficient (Wildman–Crippen LogP) is 4.75. The third-order valence-electron chi connectivity index (χ3n) is 0.733. The van der Waals surface area contributed by atoms with Crippen LogP contribution in [0.25, 0.3) is 0 Å². The van der Waals surface area contributed by atoms with E-state index in [0.717, 1.165) is 11.4 Å². The zero-order valence-electron chi connectivity index (χ0n) is 8.10. The molecule has 0 heterocycles. The van der Waals surface area contributed by atoms with E-state index >= 15 is 0 Å². The van der Waals surface area contributed by atoms with Crippen LogP contribution in [0.2, 0.25) is 0 Å². The summed E-state index contributed by atoms with van der Waals surface area (Å²) in [6.45, 7) is 4.83. The number of benzene rings is 1. The van der Waals surface area contributed by atoms with Crippen molar-refractivity contribution in [2.24, 2.45) is 0 Å². The van der Waals surface area contributed by atoms with Gasteiger partial charge in [-0.2, -0.15) is 0 Å². The fourth-order valence-electron chi connectivity index (χ4n) is 0.415. The quantitative estimate of drug-likeness (QED) is 0.626. The number of halogens is 3. The number of hydrogen-bond donors (Lipinski definition) is 0. The summed E-state index contributed by atoms with van der Waals surface area (Å²) in [5, 5.41) is 0. The molecular weight excluding hydrogens is 238 g/mol. The lowest BCUT2D eigenvalue weighted by molar-refractivity contribution is 0.171. The first-order chi connectivity index (χ1) is 6.13.